The number of aliphatic hydroxyl groups is 2. The lowest BCUT2D eigenvalue weighted by molar-refractivity contribution is 0.0784. The fourth-order valence-electron chi connectivity index (χ4n) is 12.9. The van der Waals surface area contributed by atoms with E-state index in [0.29, 0.717) is 139 Å². The van der Waals surface area contributed by atoms with Crippen molar-refractivity contribution in [1.29, 1.82) is 0 Å². The minimum atomic E-state index is -1.73. The lowest BCUT2D eigenvalue weighted by atomic mass is 9.83. The maximum absolute atomic E-state index is 14.3. The molecule has 119 heavy (non-hydrogen) atoms. The van der Waals surface area contributed by atoms with Crippen LogP contribution in [0.5, 0.6) is 11.8 Å². The number of aryl methyl sites for hydroxylation is 3. The monoisotopic (exact) mass is 1780 g/mol. The topological polar surface area (TPSA) is 372 Å². The number of unbranched alkanes of at least 4 members (excludes halogenated alkanes) is 3. The molecule has 35 heteroatoms. The molecule has 0 radical (unpaired) electrons. The third kappa shape index (κ3) is 26.4. The first-order chi connectivity index (χ1) is 56.2. The lowest BCUT2D eigenvalue weighted by Gasteiger charge is -2.36. The Morgan fingerprint density at radius 2 is 0.916 bits per heavy atom. The van der Waals surface area contributed by atoms with Gasteiger partial charge in [-0.15, -0.1) is 0 Å². The Morgan fingerprint density at radius 3 is 1.34 bits per heavy atom. The van der Waals surface area contributed by atoms with Crippen LogP contribution in [0.3, 0.4) is 0 Å². The number of halogens is 5. The lowest BCUT2D eigenvalue weighted by Crippen LogP contribution is -2.45. The van der Waals surface area contributed by atoms with Crippen LogP contribution in [0.1, 0.15) is 160 Å². The number of anilines is 4. The number of rotatable bonds is 25. The predicted molar refractivity (Wildman–Crippen MR) is 469 cm³/mol. The van der Waals surface area contributed by atoms with E-state index in [4.69, 9.17) is 80.1 Å². The fourth-order valence-corrected chi connectivity index (χ4v) is 15.2. The van der Waals surface area contributed by atoms with Crippen molar-refractivity contribution in [2.24, 2.45) is 15.0 Å². The van der Waals surface area contributed by atoms with Crippen LogP contribution in [0, 0.1) is 38.2 Å². The van der Waals surface area contributed by atoms with Gasteiger partial charge in [-0.2, -0.15) is 0 Å². The summed E-state index contributed by atoms with van der Waals surface area (Å²) in [5, 5.41) is 18.0. The van der Waals surface area contributed by atoms with Gasteiger partial charge in [0.15, 0.2) is 25.8 Å². The Bertz CT molecular complexity index is 4910. The molecule has 0 spiro atoms. The summed E-state index contributed by atoms with van der Waals surface area (Å²) < 4.78 is 70.9. The number of hydrogen-bond acceptors (Lipinski definition) is 28. The van der Waals surface area contributed by atoms with Crippen LogP contribution in [-0.4, -0.2) is 163 Å². The van der Waals surface area contributed by atoms with Crippen molar-refractivity contribution in [3.63, 3.8) is 0 Å². The number of nitrogen functional groups attached to an aromatic ring is 3. The van der Waals surface area contributed by atoms with Gasteiger partial charge >= 0.3 is 7.12 Å². The van der Waals surface area contributed by atoms with E-state index in [1.807, 2.05) is 57.2 Å². The van der Waals surface area contributed by atoms with Gasteiger partial charge < -0.3 is 55.5 Å². The fraction of sp³-hybridized carbons (Fsp3) is 0.417. The zero-order chi connectivity index (χ0) is 83.8. The third-order valence-corrected chi connectivity index (χ3v) is 25.7. The number of fused-ring (bicyclic) bond motifs is 3. The number of hydrogen-bond donors (Lipinski definition) is 8. The molecule has 9 heterocycles. The molecule has 1 fully saturated rings. The van der Waals surface area contributed by atoms with Crippen LogP contribution in [0.15, 0.2) is 145 Å². The molecule has 0 amide bonds. The zero-order valence-electron chi connectivity index (χ0n) is 67.4. The second kappa shape index (κ2) is 45.7. The number of nitrogens with zero attached hydrogens (tertiary/aromatic N) is 12. The van der Waals surface area contributed by atoms with E-state index in [0.717, 1.165) is 94.3 Å². The van der Waals surface area contributed by atoms with Crippen LogP contribution in [0.4, 0.5) is 36.7 Å². The van der Waals surface area contributed by atoms with Gasteiger partial charge in [0, 0.05) is 97.7 Å². The Labute approximate surface area is 713 Å². The van der Waals surface area contributed by atoms with Gasteiger partial charge in [-0.05, 0) is 155 Å². The van der Waals surface area contributed by atoms with Gasteiger partial charge in [-0.25, -0.2) is 69.5 Å². The number of aromatic nitrogens is 8. The number of benzene rings is 4. The highest BCUT2D eigenvalue weighted by atomic mass is 79.9. The second-order valence-corrected chi connectivity index (χ2v) is 35.7. The van der Waals surface area contributed by atoms with Crippen LogP contribution in [0.2, 0.25) is 18.1 Å². The first-order valence-corrected chi connectivity index (χ1v) is 43.1. The first kappa shape index (κ1) is 94.8. The van der Waals surface area contributed by atoms with E-state index in [1.165, 1.54) is 49.2 Å². The van der Waals surface area contributed by atoms with Crippen LogP contribution in [-0.2, 0) is 47.5 Å². The van der Waals surface area contributed by atoms with Crippen LogP contribution < -0.4 is 53.6 Å². The summed E-state index contributed by atoms with van der Waals surface area (Å²) in [5.74, 6) is 2.13. The maximum Gasteiger partial charge on any atom is 0.513 e. The van der Waals surface area contributed by atoms with Crippen molar-refractivity contribution in [3.05, 3.63) is 215 Å². The molecule has 4 aromatic carbocycles. The molecule has 4 aliphatic rings. The number of nitrogens with two attached hydrogens (primary N) is 3. The Morgan fingerprint density at radius 1 is 0.513 bits per heavy atom. The molecule has 0 unspecified atom stereocenters. The van der Waals surface area contributed by atoms with Gasteiger partial charge in [-0.3, -0.25) is 29.5 Å². The van der Waals surface area contributed by atoms with Crippen molar-refractivity contribution < 1.29 is 61.1 Å². The summed E-state index contributed by atoms with van der Waals surface area (Å²) in [6.45, 7) is 21.9. The third-order valence-electron chi connectivity index (χ3n) is 19.8. The quantitative estimate of drug-likeness (QED) is 0.0150. The number of pyridine rings is 2. The number of ether oxygens (including phenoxy) is 2. The number of aliphatic imine (C=N–C) groups is 3. The molecule has 0 aliphatic carbocycles. The van der Waals surface area contributed by atoms with E-state index in [2.05, 4.69) is 139 Å². The SMILES string of the molecule is C.C.COc1cccc(-c2cc(F)ccc2[C@H]2Cc3nc(N)nc(C)c3C(NOCCCCO)=N2)n1.COc1cccc(B2OCCN(c3ccccc3)CCO2)n1.Cc1nc(N)nc2c1C(NOCCCCO)=N[C@@H](c1ccc(F)cc1Br)C2.Cc1nc(N)nc2c1C(NOCCCCO[Si](C)(C)C(C)(C)C)=N[C@@H](c1ccc(F)cc1Br)C2. The summed E-state index contributed by atoms with van der Waals surface area (Å²) in [6.07, 6.45) is 5.97. The molecule has 0 saturated carbocycles. The number of nitrogens with one attached hydrogen (secondary N) is 3. The number of aliphatic hydroxyl groups excluding tert-OH is 2. The smallest absolute Gasteiger partial charge is 0.481 e. The Balaban J connectivity index is 0.000000199. The number of hydroxylamine groups is 3. The average molecular weight is 1790 g/mol. The van der Waals surface area contributed by atoms with E-state index in [9.17, 15) is 13.2 Å². The highest BCUT2D eigenvalue weighted by Gasteiger charge is 2.38. The summed E-state index contributed by atoms with van der Waals surface area (Å²) in [5.41, 5.74) is 38.8. The van der Waals surface area contributed by atoms with Crippen LogP contribution in [0.25, 0.3) is 11.3 Å². The van der Waals surface area contributed by atoms with Gasteiger partial charge in [0.05, 0.1) is 114 Å². The molecule has 638 valence electrons. The Kier molecular flexibility index (Phi) is 36.4. The highest BCUT2D eigenvalue weighted by molar-refractivity contribution is 9.10. The zero-order valence-corrected chi connectivity index (χ0v) is 71.6. The van der Waals surface area contributed by atoms with Crippen molar-refractivity contribution >= 4 is 93.9 Å². The molecule has 11 N–H and O–H groups in total. The molecule has 4 aliphatic heterocycles. The molecule has 1 saturated heterocycles. The van der Waals surface area contributed by atoms with E-state index in [1.54, 1.807) is 43.5 Å². The average Bonchev–Trinajstić information content (AvgIpc) is 0.778. The summed E-state index contributed by atoms with van der Waals surface area (Å²) in [6, 6.07) is 34.0. The van der Waals surface area contributed by atoms with Crippen molar-refractivity contribution in [2.75, 3.05) is 102 Å². The summed E-state index contributed by atoms with van der Waals surface area (Å²) in [4.78, 5) is 68.5. The number of amidine groups is 3. The van der Waals surface area contributed by atoms with E-state index in [-0.39, 0.29) is 80.5 Å². The summed E-state index contributed by atoms with van der Waals surface area (Å²) in [7, 11) is 0.971. The van der Waals surface area contributed by atoms with Crippen LogP contribution >= 0.6 is 31.9 Å². The minimum absolute atomic E-state index is 0. The Hall–Kier alpha value is -9.66. The molecule has 13 rings (SSSR count). The summed E-state index contributed by atoms with van der Waals surface area (Å²) >= 11 is 6.87. The van der Waals surface area contributed by atoms with Crippen molar-refractivity contribution in [3.8, 4) is 23.0 Å². The predicted octanol–water partition coefficient (Wildman–Crippen LogP) is 13.8. The molecule has 28 nitrogen and oxygen atoms in total. The van der Waals surface area contributed by atoms with E-state index < -0.39 is 21.5 Å². The standard InChI is InChI=1S/C24H35BrFN5O2Si.C24H27FN6O3.C18H21BrFN5O2.C16H19BN2O3.2CH4/c1-15-21-20(30-23(27)28-15)14-19(17-10-9-16(26)13-18(17)25)29-22(21)31-32-11-7-8-12-33-34(5,6)24(2,3)4;1-14-22-20(30-24(26)27-14)13-19(29-23(22)31-34-11-4-3-10-32)16-9-8-15(25)12-17(16)18-6-5-7-21(28-18)33-2;1-10-16-15(24-18(21)22-10)9-14(12-5-4-11(20)8-13(12)19)23-17(16)25-27-7-3-2-6-26;1-20-16-9-5-8-15(18-16)17-21-12-10-19(11-13-22-17)14-6-3-2-4-7-14;;/h9-10,13,19H,7-8,11-12,14H2,1-6H3,(H,29,31)(H2,27,28,30);5-9,12,19,32H,3-4,10-11,13H2,1-2H3,(H,29,31)(H2,26,27,30);4-5,8,14,26H,2-3,6-7,9H2,1H3,(H,23,25)(H2,21,22,24);2-9H,10-13H2,1H3;2*1H4/t2*19-;14-;;;/m111.../s1. The molecule has 3 atom stereocenters. The van der Waals surface area contributed by atoms with Gasteiger partial charge in [0.25, 0.3) is 0 Å². The molecular weight excluding hydrogens is 1680 g/mol. The van der Waals surface area contributed by atoms with E-state index >= 15 is 0 Å². The van der Waals surface area contributed by atoms with Gasteiger partial charge in [-0.1, -0.05) is 116 Å². The van der Waals surface area contributed by atoms with Gasteiger partial charge in [0.1, 0.15) is 17.5 Å². The normalized spacial score (nSPS) is 15.5. The highest BCUT2D eigenvalue weighted by Crippen LogP contribution is 2.40. The first-order valence-electron chi connectivity index (χ1n) is 38.6. The number of methoxy groups -OCH3 is 2. The van der Waals surface area contributed by atoms with Crippen molar-refractivity contribution in [2.45, 2.75) is 150 Å². The largest absolute Gasteiger partial charge is 0.513 e. The molecule has 5 aromatic heterocycles. The number of para-hydroxylation sites is 1. The molecule has 0 bridgehead atoms. The molecule has 9 aromatic rings. The van der Waals surface area contributed by atoms with Crippen molar-refractivity contribution in [1.82, 2.24) is 56.3 Å². The molecular formula is C84H110BBr2F3N18O10Si. The minimum Gasteiger partial charge on any atom is -0.481 e. The maximum atomic E-state index is 14.3. The second-order valence-electron chi connectivity index (χ2n) is 29.2. The van der Waals surface area contributed by atoms with Gasteiger partial charge in [0.2, 0.25) is 29.6 Å².